The first-order chi connectivity index (χ1) is 23.9. The zero-order valence-electron chi connectivity index (χ0n) is 31.0. The summed E-state index contributed by atoms with van der Waals surface area (Å²) in [5.41, 5.74) is -6.53. The lowest BCUT2D eigenvalue weighted by Crippen LogP contribution is -2.67. The highest BCUT2D eigenvalue weighted by atomic mass is 32.2. The molecule has 0 aromatic rings. The molecule has 4 aliphatic heterocycles. The summed E-state index contributed by atoms with van der Waals surface area (Å²) in [6.45, 7) is 9.66. The molecule has 10 atom stereocenters. The fourth-order valence-electron chi connectivity index (χ4n) is 13.7. The van der Waals surface area contributed by atoms with Crippen molar-refractivity contribution in [3.05, 3.63) is 0 Å². The highest BCUT2D eigenvalue weighted by Gasteiger charge is 2.74. The van der Waals surface area contributed by atoms with E-state index in [0.717, 1.165) is 48.5 Å². The van der Waals surface area contributed by atoms with E-state index < -0.39 is 54.3 Å². The Morgan fingerprint density at radius 1 is 0.647 bits per heavy atom. The molecular weight excluding hydrogens is 701 g/mol. The number of esters is 2. The largest absolute Gasteiger partial charge is 0.466 e. The number of fused-ring (bicyclic) bond motifs is 10. The van der Waals surface area contributed by atoms with E-state index in [2.05, 4.69) is 27.7 Å². The van der Waals surface area contributed by atoms with Crippen molar-refractivity contribution in [2.75, 3.05) is 52.0 Å². The standard InChI is InChI=1S/C36H56N2O11S2/c1-31(2)25-9-15-33(31,27-23(25)11-19-47-27)21-50(41,42)37-17-7-13-35(37,29(39)45-5)49-36(30(40)46-6)14-8-18-38(36)51(43,44)22-34-16-10-26(32(34,3)4)24-12-20-48-28(24)34/h23-28H,7-22H2,1-6H3/t23-,24+,25?,26?,27-,28+,33-,34-,35+,36+/m0/s1. The van der Waals surface area contributed by atoms with E-state index in [9.17, 15) is 26.4 Å². The summed E-state index contributed by atoms with van der Waals surface area (Å²) in [4.78, 5) is 28.1. The quantitative estimate of drug-likeness (QED) is 0.302. The van der Waals surface area contributed by atoms with Crippen LogP contribution in [0.3, 0.4) is 0 Å². The summed E-state index contributed by atoms with van der Waals surface area (Å²) >= 11 is 0. The minimum atomic E-state index is -4.27. The van der Waals surface area contributed by atoms with E-state index in [0.29, 0.717) is 37.9 Å². The maximum atomic E-state index is 14.9. The zero-order chi connectivity index (χ0) is 36.6. The summed E-state index contributed by atoms with van der Waals surface area (Å²) in [5, 5.41) is 0. The molecule has 4 bridgehead atoms. The third kappa shape index (κ3) is 4.54. The fraction of sp³-hybridized carbons (Fsp3) is 0.944. The van der Waals surface area contributed by atoms with Crippen molar-refractivity contribution >= 4 is 32.0 Å². The van der Waals surface area contributed by atoms with Crippen LogP contribution in [0.25, 0.3) is 0 Å². The van der Waals surface area contributed by atoms with Gasteiger partial charge in [0.2, 0.25) is 31.5 Å². The van der Waals surface area contributed by atoms with Gasteiger partial charge in [0.15, 0.2) is 0 Å². The van der Waals surface area contributed by atoms with Crippen LogP contribution in [0.1, 0.15) is 91.9 Å². The first-order valence-electron chi connectivity index (χ1n) is 19.0. The number of carbonyl (C=O) groups is 2. The number of rotatable bonds is 10. The van der Waals surface area contributed by atoms with Crippen LogP contribution in [0.2, 0.25) is 0 Å². The molecule has 0 radical (unpaired) electrons. The van der Waals surface area contributed by atoms with Gasteiger partial charge in [-0.15, -0.1) is 0 Å². The number of ether oxygens (including phenoxy) is 5. The van der Waals surface area contributed by atoms with Gasteiger partial charge >= 0.3 is 11.9 Å². The molecule has 288 valence electrons. The number of methoxy groups -OCH3 is 2. The van der Waals surface area contributed by atoms with E-state index in [1.807, 2.05) is 0 Å². The second-order valence-corrected chi connectivity index (χ2v) is 21.8. The molecular formula is C36H56N2O11S2. The van der Waals surface area contributed by atoms with Crippen molar-refractivity contribution in [3.8, 4) is 0 Å². The number of sulfonamides is 2. The Bertz CT molecular complexity index is 1580. The summed E-state index contributed by atoms with van der Waals surface area (Å²) in [6, 6.07) is 0. The smallest absolute Gasteiger partial charge is 0.354 e. The molecule has 51 heavy (non-hydrogen) atoms. The van der Waals surface area contributed by atoms with Crippen molar-refractivity contribution < 1.29 is 50.1 Å². The maximum absolute atomic E-state index is 14.9. The van der Waals surface area contributed by atoms with Gasteiger partial charge in [0.05, 0.1) is 37.9 Å². The molecule has 0 spiro atoms. The maximum Gasteiger partial charge on any atom is 0.354 e. The normalized spacial score (nSPS) is 45.4. The van der Waals surface area contributed by atoms with Crippen molar-refractivity contribution in [1.29, 1.82) is 0 Å². The molecule has 4 heterocycles. The second kappa shape index (κ2) is 11.6. The molecule has 0 aromatic carbocycles. The average molecular weight is 757 g/mol. The fourth-order valence-corrected chi connectivity index (χ4v) is 18.8. The van der Waals surface area contributed by atoms with E-state index in [1.165, 1.54) is 0 Å². The number of nitrogens with zero attached hydrogens (tertiary/aromatic N) is 2. The Labute approximate surface area is 302 Å². The molecule has 0 N–H and O–H groups in total. The molecule has 4 saturated heterocycles. The monoisotopic (exact) mass is 756 g/mol. The van der Waals surface area contributed by atoms with E-state index >= 15 is 0 Å². The average Bonchev–Trinajstić information content (AvgIpc) is 3.93. The predicted octanol–water partition coefficient (Wildman–Crippen LogP) is 3.28. The van der Waals surface area contributed by atoms with Gasteiger partial charge in [-0.25, -0.2) is 26.4 Å². The Balaban J connectivity index is 1.16. The molecule has 2 unspecified atom stereocenters. The number of hydrogen-bond acceptors (Lipinski definition) is 11. The number of carbonyl (C=O) groups excluding carboxylic acids is 2. The first kappa shape index (κ1) is 36.6. The molecule has 8 rings (SSSR count). The highest BCUT2D eigenvalue weighted by Crippen LogP contribution is 2.72. The van der Waals surface area contributed by atoms with Gasteiger partial charge in [-0.05, 0) is 85.9 Å². The Hall–Kier alpha value is -1.36. The summed E-state index contributed by atoms with van der Waals surface area (Å²) in [6.07, 6.45) is 4.88. The first-order valence-corrected chi connectivity index (χ1v) is 22.2. The molecule has 0 amide bonds. The van der Waals surface area contributed by atoms with Crippen LogP contribution >= 0.6 is 0 Å². The van der Waals surface area contributed by atoms with Crippen LogP contribution in [0.5, 0.6) is 0 Å². The molecule has 4 saturated carbocycles. The van der Waals surface area contributed by atoms with Gasteiger partial charge in [-0.3, -0.25) is 0 Å². The Kier molecular flexibility index (Phi) is 8.31. The van der Waals surface area contributed by atoms with E-state index in [1.54, 1.807) is 0 Å². The van der Waals surface area contributed by atoms with Gasteiger partial charge in [-0.2, -0.15) is 8.61 Å². The van der Waals surface area contributed by atoms with Crippen LogP contribution in [-0.4, -0.2) is 113 Å². The molecule has 13 nitrogen and oxygen atoms in total. The van der Waals surface area contributed by atoms with Crippen LogP contribution in [0.4, 0.5) is 0 Å². The van der Waals surface area contributed by atoms with Crippen molar-refractivity contribution in [2.24, 2.45) is 45.3 Å². The molecule has 8 aliphatic rings. The predicted molar refractivity (Wildman–Crippen MR) is 184 cm³/mol. The lowest BCUT2D eigenvalue weighted by molar-refractivity contribution is -0.241. The third-order valence-corrected chi connectivity index (χ3v) is 20.1. The molecule has 0 aromatic heterocycles. The lowest BCUT2D eigenvalue weighted by Gasteiger charge is -2.47. The second-order valence-electron chi connectivity index (χ2n) is 18.1. The van der Waals surface area contributed by atoms with Gasteiger partial charge in [0.25, 0.3) is 0 Å². The summed E-state index contributed by atoms with van der Waals surface area (Å²) in [7, 11) is -6.25. The van der Waals surface area contributed by atoms with Crippen molar-refractivity contribution in [2.45, 2.75) is 116 Å². The molecule has 4 aliphatic carbocycles. The van der Waals surface area contributed by atoms with E-state index in [4.69, 9.17) is 23.7 Å². The Morgan fingerprint density at radius 3 is 1.41 bits per heavy atom. The van der Waals surface area contributed by atoms with Gasteiger partial charge in [0.1, 0.15) is 0 Å². The lowest BCUT2D eigenvalue weighted by atomic mass is 9.69. The van der Waals surface area contributed by atoms with Crippen molar-refractivity contribution in [3.63, 3.8) is 0 Å². The van der Waals surface area contributed by atoms with Crippen LogP contribution < -0.4 is 0 Å². The van der Waals surface area contributed by atoms with E-state index in [-0.39, 0.29) is 85.2 Å². The van der Waals surface area contributed by atoms with Gasteiger partial charge < -0.3 is 23.7 Å². The summed E-state index contributed by atoms with van der Waals surface area (Å²) in [5.74, 6) is -1.23. The minimum absolute atomic E-state index is 0.0462. The topological polar surface area (TPSA) is 155 Å². The SMILES string of the molecule is COC(=O)[C@]1(O[C@@]2(C(=O)OC)CCCN2S(=O)(=O)C[C@@]23CCC([C@@H]4CCO[C@@H]42)C3(C)C)CCCN1S(=O)(=O)C[C@@]12CCC([C@H]3CCO[C@H]31)C2(C)C. The summed E-state index contributed by atoms with van der Waals surface area (Å²) < 4.78 is 91.5. The van der Waals surface area contributed by atoms with Crippen LogP contribution in [0.15, 0.2) is 0 Å². The highest BCUT2D eigenvalue weighted by molar-refractivity contribution is 7.89. The van der Waals surface area contributed by atoms with Crippen LogP contribution in [-0.2, 0) is 53.3 Å². The van der Waals surface area contributed by atoms with Gasteiger partial charge in [0, 0.05) is 50.0 Å². The molecule has 8 fully saturated rings. The third-order valence-electron chi connectivity index (χ3n) is 16.1. The molecule has 15 heteroatoms. The minimum Gasteiger partial charge on any atom is -0.466 e. The van der Waals surface area contributed by atoms with Gasteiger partial charge in [-0.1, -0.05) is 27.7 Å². The number of hydrogen-bond donors (Lipinski definition) is 0. The van der Waals surface area contributed by atoms with Crippen LogP contribution in [0, 0.1) is 45.3 Å². The van der Waals surface area contributed by atoms with Crippen molar-refractivity contribution in [1.82, 2.24) is 8.61 Å². The zero-order valence-corrected chi connectivity index (χ0v) is 32.6. The Morgan fingerprint density at radius 2 is 1.04 bits per heavy atom.